The number of hydrogen-bond acceptors (Lipinski definition) is 3. The van der Waals surface area contributed by atoms with Crippen molar-refractivity contribution in [2.75, 3.05) is 0 Å². The number of rotatable bonds is 3. The van der Waals surface area contributed by atoms with E-state index in [0.717, 1.165) is 16.6 Å². The summed E-state index contributed by atoms with van der Waals surface area (Å²) in [4.78, 5) is 9.06. The van der Waals surface area contributed by atoms with Crippen molar-refractivity contribution in [3.63, 3.8) is 0 Å². The molecule has 0 aliphatic carbocycles. The van der Waals surface area contributed by atoms with Crippen LogP contribution in [0.4, 0.5) is 0 Å². The quantitative estimate of drug-likeness (QED) is 0.218. The number of nitrogens with zero attached hydrogens (tertiary/aromatic N) is 3. The second kappa shape index (κ2) is 9.10. The fourth-order valence-corrected chi connectivity index (χ4v) is 7.76. The van der Waals surface area contributed by atoms with Crippen molar-refractivity contribution < 1.29 is 0 Å². The zero-order chi connectivity index (χ0) is 27.6. The molecule has 0 bridgehead atoms. The Kier molecular flexibility index (Phi) is 5.07. The van der Waals surface area contributed by atoms with E-state index in [9.17, 15) is 0 Å². The fraction of sp³-hybridized carbons (Fsp3) is 0. The summed E-state index contributed by atoms with van der Waals surface area (Å²) in [6.45, 7) is 0. The van der Waals surface area contributed by atoms with E-state index in [1.165, 1.54) is 64.2 Å². The van der Waals surface area contributed by atoms with Gasteiger partial charge in [-0.05, 0) is 59.5 Å². The molecule has 0 unspecified atom stereocenters. The van der Waals surface area contributed by atoms with E-state index in [4.69, 9.17) is 4.98 Å². The highest BCUT2D eigenvalue weighted by molar-refractivity contribution is 7.26. The topological polar surface area (TPSA) is 30.7 Å². The van der Waals surface area contributed by atoms with Crippen LogP contribution in [0, 0.1) is 0 Å². The van der Waals surface area contributed by atoms with E-state index in [1.54, 1.807) is 0 Å². The van der Waals surface area contributed by atoms with Gasteiger partial charge in [-0.25, -0.2) is 0 Å². The molecular weight excluding hydrogens is 531 g/mol. The van der Waals surface area contributed by atoms with Crippen LogP contribution in [0.3, 0.4) is 0 Å². The monoisotopic (exact) mass is 553 g/mol. The number of aromatic nitrogens is 3. The molecule has 0 saturated carbocycles. The maximum absolute atomic E-state index is 4.83. The Bertz CT molecular complexity index is 2420. The highest BCUT2D eigenvalue weighted by Gasteiger charge is 2.20. The van der Waals surface area contributed by atoms with Crippen LogP contribution in [-0.2, 0) is 0 Å². The average Bonchev–Trinajstić information content (AvgIpc) is 3.60. The molecule has 0 N–H and O–H groups in total. The smallest absolute Gasteiger partial charge is 0.0781 e. The number of hydrogen-bond donors (Lipinski definition) is 0. The van der Waals surface area contributed by atoms with Crippen molar-refractivity contribution in [2.45, 2.75) is 0 Å². The summed E-state index contributed by atoms with van der Waals surface area (Å²) in [5.74, 6) is 0. The Morgan fingerprint density at radius 3 is 2.02 bits per heavy atom. The highest BCUT2D eigenvalue weighted by Crippen LogP contribution is 2.45. The summed E-state index contributed by atoms with van der Waals surface area (Å²) >= 11 is 1.87. The molecule has 0 fully saturated rings. The standard InChI is InChI=1S/C38H23N3S/c1-4-10-32-27(7-1)28-8-2-5-11-33(28)41(32)34-16-15-30-29-9-3-6-12-35(29)42-38(30)36(34)26-14-13-24-19-22-40-37(31(24)23-26)25-17-20-39-21-18-25/h1-23H. The van der Waals surface area contributed by atoms with Crippen molar-refractivity contribution in [3.8, 4) is 28.1 Å². The minimum atomic E-state index is 0.971. The zero-order valence-electron chi connectivity index (χ0n) is 22.5. The first-order chi connectivity index (χ1) is 20.8. The normalized spacial score (nSPS) is 11.8. The average molecular weight is 554 g/mol. The van der Waals surface area contributed by atoms with Crippen LogP contribution in [0.15, 0.2) is 140 Å². The van der Waals surface area contributed by atoms with Gasteiger partial charge < -0.3 is 4.57 Å². The maximum Gasteiger partial charge on any atom is 0.0781 e. The number of fused-ring (bicyclic) bond motifs is 7. The molecule has 0 atom stereocenters. The van der Waals surface area contributed by atoms with E-state index in [-0.39, 0.29) is 0 Å². The molecule has 4 heteroatoms. The van der Waals surface area contributed by atoms with Gasteiger partial charge >= 0.3 is 0 Å². The van der Waals surface area contributed by atoms with Gasteiger partial charge in [0.15, 0.2) is 0 Å². The van der Waals surface area contributed by atoms with Crippen molar-refractivity contribution >= 4 is 64.1 Å². The SMILES string of the molecule is c1ccc2c(c1)sc1c(-c3ccc4ccnc(-c5ccncc5)c4c3)c(-n3c4ccccc4c4ccccc43)ccc12. The first-order valence-electron chi connectivity index (χ1n) is 14.1. The van der Waals surface area contributed by atoms with Crippen molar-refractivity contribution in [3.05, 3.63) is 140 Å². The highest BCUT2D eigenvalue weighted by atomic mass is 32.1. The molecule has 4 aromatic heterocycles. The Balaban J connectivity index is 1.43. The zero-order valence-corrected chi connectivity index (χ0v) is 23.3. The molecule has 3 nitrogen and oxygen atoms in total. The summed E-state index contributed by atoms with van der Waals surface area (Å²) in [6.07, 6.45) is 5.56. The minimum Gasteiger partial charge on any atom is -0.309 e. The summed E-state index contributed by atoms with van der Waals surface area (Å²) in [6, 6.07) is 43.8. The van der Waals surface area contributed by atoms with Crippen molar-refractivity contribution in [1.29, 1.82) is 0 Å². The van der Waals surface area contributed by atoms with Gasteiger partial charge in [-0.2, -0.15) is 0 Å². The minimum absolute atomic E-state index is 0.971. The molecule has 0 spiro atoms. The molecule has 0 saturated heterocycles. The Labute approximate surface area is 246 Å². The molecule has 9 rings (SSSR count). The second-order valence-electron chi connectivity index (χ2n) is 10.6. The van der Waals surface area contributed by atoms with E-state index in [2.05, 4.69) is 119 Å². The van der Waals surface area contributed by atoms with E-state index in [0.29, 0.717) is 0 Å². The molecule has 0 radical (unpaired) electrons. The van der Waals surface area contributed by atoms with Gasteiger partial charge in [-0.1, -0.05) is 72.8 Å². The number of para-hydroxylation sites is 2. The lowest BCUT2D eigenvalue weighted by Gasteiger charge is -2.16. The summed E-state index contributed by atoms with van der Waals surface area (Å²) < 4.78 is 5.04. The van der Waals surface area contributed by atoms with Gasteiger partial charge in [0.05, 0.1) is 22.4 Å². The predicted octanol–water partition coefficient (Wildman–Crippen LogP) is 10.4. The molecule has 4 heterocycles. The summed E-state index contributed by atoms with van der Waals surface area (Å²) in [7, 11) is 0. The molecule has 42 heavy (non-hydrogen) atoms. The van der Waals surface area contributed by atoms with Gasteiger partial charge in [0.1, 0.15) is 0 Å². The molecule has 196 valence electrons. The van der Waals surface area contributed by atoms with Gasteiger partial charge in [-0.15, -0.1) is 11.3 Å². The van der Waals surface area contributed by atoms with E-state index < -0.39 is 0 Å². The third kappa shape index (κ3) is 3.39. The van der Waals surface area contributed by atoms with E-state index >= 15 is 0 Å². The van der Waals surface area contributed by atoms with Crippen molar-refractivity contribution in [1.82, 2.24) is 14.5 Å². The van der Waals surface area contributed by atoms with Gasteiger partial charge in [0.25, 0.3) is 0 Å². The fourth-order valence-electron chi connectivity index (χ4n) is 6.49. The number of pyridine rings is 2. The van der Waals surface area contributed by atoms with Gasteiger partial charge in [-0.3, -0.25) is 9.97 Å². The van der Waals surface area contributed by atoms with Crippen LogP contribution in [-0.4, -0.2) is 14.5 Å². The molecule has 0 aliphatic heterocycles. The van der Waals surface area contributed by atoms with Crippen LogP contribution in [0.2, 0.25) is 0 Å². The van der Waals surface area contributed by atoms with E-state index in [1.807, 2.05) is 42.1 Å². The van der Waals surface area contributed by atoms with Crippen LogP contribution in [0.5, 0.6) is 0 Å². The third-order valence-electron chi connectivity index (χ3n) is 8.35. The Morgan fingerprint density at radius 1 is 0.524 bits per heavy atom. The second-order valence-corrected chi connectivity index (χ2v) is 11.7. The van der Waals surface area contributed by atoms with Crippen LogP contribution >= 0.6 is 11.3 Å². The number of thiophene rings is 1. The third-order valence-corrected chi connectivity index (χ3v) is 9.56. The predicted molar refractivity (Wildman–Crippen MR) is 178 cm³/mol. The lowest BCUT2D eigenvalue weighted by atomic mass is 9.96. The Morgan fingerprint density at radius 2 is 1.24 bits per heavy atom. The largest absolute Gasteiger partial charge is 0.309 e. The molecule has 9 aromatic rings. The first kappa shape index (κ1) is 23.4. The maximum atomic E-state index is 4.83. The van der Waals surface area contributed by atoms with Gasteiger partial charge in [0, 0.05) is 66.0 Å². The van der Waals surface area contributed by atoms with Crippen LogP contribution in [0.25, 0.3) is 80.8 Å². The van der Waals surface area contributed by atoms with Crippen molar-refractivity contribution in [2.24, 2.45) is 0 Å². The molecule has 0 amide bonds. The Hall–Kier alpha value is -5.32. The first-order valence-corrected chi connectivity index (χ1v) is 14.9. The van der Waals surface area contributed by atoms with Crippen LogP contribution < -0.4 is 0 Å². The molecule has 5 aromatic carbocycles. The van der Waals surface area contributed by atoms with Crippen LogP contribution in [0.1, 0.15) is 0 Å². The summed E-state index contributed by atoms with van der Waals surface area (Å²) in [5.41, 5.74) is 8.06. The number of benzene rings is 5. The molecular formula is C38H23N3S. The molecule has 0 aliphatic rings. The lowest BCUT2D eigenvalue weighted by molar-refractivity contribution is 1.19. The summed E-state index contributed by atoms with van der Waals surface area (Å²) in [5, 5.41) is 7.41. The lowest BCUT2D eigenvalue weighted by Crippen LogP contribution is -1.98. The van der Waals surface area contributed by atoms with Gasteiger partial charge in [0.2, 0.25) is 0 Å².